The fraction of sp³-hybridized carbons (Fsp3) is 0.364. The summed E-state index contributed by atoms with van der Waals surface area (Å²) in [7, 11) is 4.45. The standard InChI is InChI=1S/C22H19ClO8/c1-26-15-6-11(18(23)21(28-3)20(15)27-2)16-9-4-13-14(31-8-30-13)5-10(9)19(24)12-7-29-22(25)17(12)16/h4-6,12,16-17H,7-8H2,1-3H3/t12-,16-,17-/m0/s1. The highest BCUT2D eigenvalue weighted by Gasteiger charge is 2.53. The molecule has 0 saturated carbocycles. The fourth-order valence-corrected chi connectivity index (χ4v) is 5.03. The second-order valence-electron chi connectivity index (χ2n) is 7.45. The lowest BCUT2D eigenvalue weighted by Gasteiger charge is -2.33. The summed E-state index contributed by atoms with van der Waals surface area (Å²) >= 11 is 6.76. The van der Waals surface area contributed by atoms with Crippen LogP contribution in [-0.2, 0) is 9.53 Å². The molecule has 0 N–H and O–H groups in total. The van der Waals surface area contributed by atoms with Crippen LogP contribution in [0.2, 0.25) is 5.02 Å². The largest absolute Gasteiger partial charge is 0.493 e. The number of benzene rings is 2. The monoisotopic (exact) mass is 446 g/mol. The number of halogens is 1. The number of hydrogen-bond acceptors (Lipinski definition) is 8. The van der Waals surface area contributed by atoms with Gasteiger partial charge in [0.25, 0.3) is 0 Å². The molecular formula is C22H19ClO8. The number of Topliss-reactive ketones (excluding diaryl/α,β-unsaturated/α-hetero) is 1. The van der Waals surface area contributed by atoms with Gasteiger partial charge in [0.05, 0.1) is 38.2 Å². The first kappa shape index (κ1) is 19.8. The summed E-state index contributed by atoms with van der Waals surface area (Å²) in [6, 6.07) is 5.11. The maximum Gasteiger partial charge on any atom is 0.310 e. The van der Waals surface area contributed by atoms with Crippen LogP contribution < -0.4 is 23.7 Å². The zero-order valence-electron chi connectivity index (χ0n) is 17.0. The first-order valence-corrected chi connectivity index (χ1v) is 10.0. The van der Waals surface area contributed by atoms with Crippen molar-refractivity contribution in [2.45, 2.75) is 5.92 Å². The van der Waals surface area contributed by atoms with Gasteiger partial charge in [0, 0.05) is 11.5 Å². The number of cyclic esters (lactones) is 1. The van der Waals surface area contributed by atoms with Gasteiger partial charge in [-0.05, 0) is 29.3 Å². The van der Waals surface area contributed by atoms with Crippen LogP contribution >= 0.6 is 11.6 Å². The van der Waals surface area contributed by atoms with E-state index in [4.69, 9.17) is 40.0 Å². The van der Waals surface area contributed by atoms with Gasteiger partial charge in [0.2, 0.25) is 12.5 Å². The molecular weight excluding hydrogens is 428 g/mol. The Morgan fingerprint density at radius 3 is 2.29 bits per heavy atom. The quantitative estimate of drug-likeness (QED) is 0.661. The molecule has 0 bridgehead atoms. The normalized spacial score (nSPS) is 23.2. The zero-order valence-corrected chi connectivity index (χ0v) is 17.8. The number of ether oxygens (including phenoxy) is 6. The SMILES string of the molecule is COc1cc([C@@H]2c3cc4c(cc3C(=O)[C@H]3COC(=O)[C@H]23)OCO4)c(Cl)c(OC)c1OC. The van der Waals surface area contributed by atoms with Gasteiger partial charge in [-0.1, -0.05) is 11.6 Å². The summed E-state index contributed by atoms with van der Waals surface area (Å²) in [5.41, 5.74) is 1.64. The highest BCUT2D eigenvalue weighted by molar-refractivity contribution is 6.33. The molecule has 162 valence electrons. The predicted molar refractivity (Wildman–Crippen MR) is 108 cm³/mol. The number of carbonyl (C=O) groups excluding carboxylic acids is 2. The van der Waals surface area contributed by atoms with Gasteiger partial charge in [-0.15, -0.1) is 0 Å². The number of ketones is 1. The van der Waals surface area contributed by atoms with Crippen LogP contribution in [0.5, 0.6) is 28.7 Å². The smallest absolute Gasteiger partial charge is 0.310 e. The maximum absolute atomic E-state index is 13.2. The van der Waals surface area contributed by atoms with E-state index >= 15 is 0 Å². The van der Waals surface area contributed by atoms with Gasteiger partial charge in [-0.3, -0.25) is 9.59 Å². The summed E-state index contributed by atoms with van der Waals surface area (Å²) in [6.07, 6.45) is 0. The van der Waals surface area contributed by atoms with E-state index < -0.39 is 23.7 Å². The third-order valence-corrected chi connectivity index (χ3v) is 6.47. The molecule has 2 heterocycles. The van der Waals surface area contributed by atoms with Crippen LogP contribution in [0.3, 0.4) is 0 Å². The molecule has 1 saturated heterocycles. The number of rotatable bonds is 4. The van der Waals surface area contributed by atoms with Crippen molar-refractivity contribution in [1.82, 2.24) is 0 Å². The van der Waals surface area contributed by atoms with E-state index in [1.54, 1.807) is 18.2 Å². The molecule has 5 rings (SSSR count). The number of hydrogen-bond donors (Lipinski definition) is 0. The molecule has 8 nitrogen and oxygen atoms in total. The molecule has 0 aromatic heterocycles. The minimum Gasteiger partial charge on any atom is -0.493 e. The molecule has 2 aromatic carbocycles. The highest BCUT2D eigenvalue weighted by atomic mass is 35.5. The molecule has 3 atom stereocenters. The van der Waals surface area contributed by atoms with Crippen molar-refractivity contribution in [1.29, 1.82) is 0 Å². The average Bonchev–Trinajstić information content (AvgIpc) is 3.39. The summed E-state index contributed by atoms with van der Waals surface area (Å²) in [6.45, 7) is 0.0890. The number of methoxy groups -OCH3 is 3. The van der Waals surface area contributed by atoms with Crippen LogP contribution in [0.1, 0.15) is 27.4 Å². The Kier molecular flexibility index (Phi) is 4.62. The van der Waals surface area contributed by atoms with E-state index in [2.05, 4.69) is 0 Å². The molecule has 3 aliphatic rings. The Balaban J connectivity index is 1.80. The molecule has 9 heteroatoms. The van der Waals surface area contributed by atoms with Gasteiger partial charge in [-0.25, -0.2) is 0 Å². The Labute approximate surface area is 182 Å². The minimum absolute atomic E-state index is 0.0226. The molecule has 2 aromatic rings. The van der Waals surface area contributed by atoms with E-state index in [9.17, 15) is 9.59 Å². The van der Waals surface area contributed by atoms with Crippen LogP contribution in [0, 0.1) is 11.8 Å². The highest BCUT2D eigenvalue weighted by Crippen LogP contribution is 2.55. The van der Waals surface area contributed by atoms with Gasteiger partial charge < -0.3 is 28.4 Å². The lowest BCUT2D eigenvalue weighted by atomic mass is 9.67. The van der Waals surface area contributed by atoms with Gasteiger partial charge >= 0.3 is 5.97 Å². The van der Waals surface area contributed by atoms with Crippen LogP contribution in [0.15, 0.2) is 18.2 Å². The maximum atomic E-state index is 13.2. The first-order chi connectivity index (χ1) is 15.0. The lowest BCUT2D eigenvalue weighted by Crippen LogP contribution is -2.36. The second-order valence-corrected chi connectivity index (χ2v) is 7.82. The summed E-state index contributed by atoms with van der Waals surface area (Å²) in [5, 5.41) is 0.265. The van der Waals surface area contributed by atoms with E-state index in [1.807, 2.05) is 0 Å². The minimum atomic E-state index is -0.735. The lowest BCUT2D eigenvalue weighted by molar-refractivity contribution is -0.141. The topological polar surface area (TPSA) is 89.5 Å². The number of esters is 1. The van der Waals surface area contributed by atoms with Crippen molar-refractivity contribution in [2.24, 2.45) is 11.8 Å². The average molecular weight is 447 g/mol. The summed E-state index contributed by atoms with van der Waals surface area (Å²) in [4.78, 5) is 26.0. The third kappa shape index (κ3) is 2.74. The van der Waals surface area contributed by atoms with E-state index in [0.29, 0.717) is 39.7 Å². The van der Waals surface area contributed by atoms with Crippen LogP contribution in [0.25, 0.3) is 0 Å². The van der Waals surface area contributed by atoms with Crippen LogP contribution in [-0.4, -0.2) is 46.5 Å². The summed E-state index contributed by atoms with van der Waals surface area (Å²) < 4.78 is 32.7. The first-order valence-electron chi connectivity index (χ1n) is 9.62. The molecule has 0 radical (unpaired) electrons. The molecule has 0 unspecified atom stereocenters. The molecule has 1 aliphatic carbocycles. The summed E-state index contributed by atoms with van der Waals surface area (Å²) in [5.74, 6) is -0.552. The number of carbonyl (C=O) groups is 2. The van der Waals surface area contributed by atoms with Crippen molar-refractivity contribution < 1.29 is 38.0 Å². The van der Waals surface area contributed by atoms with Crippen molar-refractivity contribution in [3.63, 3.8) is 0 Å². The van der Waals surface area contributed by atoms with E-state index in [1.165, 1.54) is 21.3 Å². The molecule has 31 heavy (non-hydrogen) atoms. The van der Waals surface area contributed by atoms with Crippen molar-refractivity contribution in [3.05, 3.63) is 39.9 Å². The van der Waals surface area contributed by atoms with Gasteiger partial charge in [-0.2, -0.15) is 0 Å². The fourth-order valence-electron chi connectivity index (χ4n) is 4.69. The van der Waals surface area contributed by atoms with Gasteiger partial charge in [0.1, 0.15) is 6.61 Å². The third-order valence-electron chi connectivity index (χ3n) is 6.08. The van der Waals surface area contributed by atoms with Crippen LogP contribution in [0.4, 0.5) is 0 Å². The molecule has 1 fully saturated rings. The molecule has 2 aliphatic heterocycles. The van der Waals surface area contributed by atoms with Crippen molar-refractivity contribution in [3.8, 4) is 28.7 Å². The van der Waals surface area contributed by atoms with Crippen molar-refractivity contribution >= 4 is 23.4 Å². The second kappa shape index (κ2) is 7.23. The number of fused-ring (bicyclic) bond motifs is 3. The van der Waals surface area contributed by atoms with E-state index in [0.717, 1.165) is 0 Å². The molecule has 0 amide bonds. The van der Waals surface area contributed by atoms with Gasteiger partial charge in [0.15, 0.2) is 28.8 Å². The van der Waals surface area contributed by atoms with Crippen molar-refractivity contribution in [2.75, 3.05) is 34.7 Å². The Morgan fingerprint density at radius 2 is 1.61 bits per heavy atom. The molecule has 0 spiro atoms. The Bertz CT molecular complexity index is 1110. The van der Waals surface area contributed by atoms with E-state index in [-0.39, 0.29) is 30.0 Å². The predicted octanol–water partition coefficient (Wildman–Crippen LogP) is 3.21. The zero-order chi connectivity index (χ0) is 21.9. The Hall–Kier alpha value is -3.13. The Morgan fingerprint density at radius 1 is 0.903 bits per heavy atom.